The molecule has 24 heavy (non-hydrogen) atoms. The molecule has 0 bridgehead atoms. The predicted molar refractivity (Wildman–Crippen MR) is 98.0 cm³/mol. The molecule has 0 saturated heterocycles. The molecule has 0 radical (unpaired) electrons. The van der Waals surface area contributed by atoms with Crippen molar-refractivity contribution in [1.29, 1.82) is 0 Å². The van der Waals surface area contributed by atoms with Gasteiger partial charge < -0.3 is 4.57 Å². The Labute approximate surface area is 147 Å². The van der Waals surface area contributed by atoms with Gasteiger partial charge in [-0.05, 0) is 48.1 Å². The van der Waals surface area contributed by atoms with Crippen molar-refractivity contribution < 1.29 is 0 Å². The van der Waals surface area contributed by atoms with Crippen LogP contribution in [0.15, 0.2) is 48.9 Å². The van der Waals surface area contributed by atoms with Crippen molar-refractivity contribution in [2.45, 2.75) is 26.3 Å². The average molecular weight is 339 g/mol. The van der Waals surface area contributed by atoms with Crippen LogP contribution in [0.5, 0.6) is 0 Å². The van der Waals surface area contributed by atoms with Gasteiger partial charge in [0.1, 0.15) is 5.82 Å². The van der Waals surface area contributed by atoms with Gasteiger partial charge in [-0.1, -0.05) is 30.3 Å². The van der Waals surface area contributed by atoms with E-state index in [-0.39, 0.29) is 12.4 Å². The molecule has 0 amide bonds. The summed E-state index contributed by atoms with van der Waals surface area (Å²) in [5, 5.41) is 8.47. The number of hydrogen-bond donors (Lipinski definition) is 0. The van der Waals surface area contributed by atoms with Crippen LogP contribution in [0.4, 0.5) is 0 Å². The zero-order valence-corrected chi connectivity index (χ0v) is 14.3. The van der Waals surface area contributed by atoms with Crippen LogP contribution in [0, 0.1) is 6.92 Å². The van der Waals surface area contributed by atoms with Gasteiger partial charge in [0, 0.05) is 12.4 Å². The summed E-state index contributed by atoms with van der Waals surface area (Å²) in [4.78, 5) is 4.25. The third kappa shape index (κ3) is 3.24. The van der Waals surface area contributed by atoms with E-state index in [1.54, 1.807) is 0 Å². The maximum absolute atomic E-state index is 4.27. The molecular formula is C19H19ClN4. The first-order valence-electron chi connectivity index (χ1n) is 7.88. The zero-order valence-electron chi connectivity index (χ0n) is 13.5. The second kappa shape index (κ2) is 6.97. The van der Waals surface area contributed by atoms with Crippen molar-refractivity contribution in [3.8, 4) is 0 Å². The number of allylic oxidation sites excluding steroid dienone is 1. The molecule has 0 N–H and O–H groups in total. The highest BCUT2D eigenvalue weighted by Crippen LogP contribution is 2.30. The Balaban J connectivity index is 0.00000169. The van der Waals surface area contributed by atoms with Crippen LogP contribution in [0.25, 0.3) is 11.6 Å². The molecule has 122 valence electrons. The van der Waals surface area contributed by atoms with Gasteiger partial charge in [-0.25, -0.2) is 4.98 Å². The number of hydrogen-bond acceptors (Lipinski definition) is 3. The molecule has 5 heteroatoms. The van der Waals surface area contributed by atoms with Crippen LogP contribution >= 0.6 is 12.4 Å². The van der Waals surface area contributed by atoms with E-state index < -0.39 is 0 Å². The minimum atomic E-state index is 0. The van der Waals surface area contributed by atoms with Crippen molar-refractivity contribution >= 4 is 24.1 Å². The lowest BCUT2D eigenvalue weighted by molar-refractivity contribution is 0.725. The van der Waals surface area contributed by atoms with Crippen molar-refractivity contribution in [1.82, 2.24) is 19.7 Å². The van der Waals surface area contributed by atoms with Crippen molar-refractivity contribution in [3.63, 3.8) is 0 Å². The number of halogens is 1. The maximum Gasteiger partial charge on any atom is 0.105 e. The second-order valence-corrected chi connectivity index (χ2v) is 5.91. The standard InChI is InChI=1S/C19H18N4.ClH/c1-14-20-8-9-23(14)13-19-11-18(12-21-22-19)17-7-6-15-4-2-3-5-16(15)10-17;/h2-5,8-12H,6-7,13H2,1H3;1H. The molecule has 0 saturated carbocycles. The van der Waals surface area contributed by atoms with E-state index in [0.29, 0.717) is 6.54 Å². The molecule has 2 heterocycles. The van der Waals surface area contributed by atoms with Gasteiger partial charge in [0.15, 0.2) is 0 Å². The van der Waals surface area contributed by atoms with Gasteiger partial charge >= 0.3 is 0 Å². The van der Waals surface area contributed by atoms with Gasteiger partial charge in [0.2, 0.25) is 0 Å². The first kappa shape index (κ1) is 16.4. The third-order valence-electron chi connectivity index (χ3n) is 4.38. The fraction of sp³-hybridized carbons (Fsp3) is 0.211. The average Bonchev–Trinajstić information content (AvgIpc) is 2.99. The smallest absolute Gasteiger partial charge is 0.105 e. The van der Waals surface area contributed by atoms with Crippen molar-refractivity contribution in [3.05, 3.63) is 77.1 Å². The highest BCUT2D eigenvalue weighted by molar-refractivity contribution is 5.85. The normalized spacial score (nSPS) is 13.0. The lowest BCUT2D eigenvalue weighted by Gasteiger charge is -2.16. The quantitative estimate of drug-likeness (QED) is 0.726. The van der Waals surface area contributed by atoms with Gasteiger partial charge in [0.25, 0.3) is 0 Å². The number of imidazole rings is 1. The van der Waals surface area contributed by atoms with E-state index in [1.165, 1.54) is 22.3 Å². The first-order valence-corrected chi connectivity index (χ1v) is 7.88. The Kier molecular flexibility index (Phi) is 4.76. The van der Waals surface area contributed by atoms with Gasteiger partial charge in [0.05, 0.1) is 18.4 Å². The summed E-state index contributed by atoms with van der Waals surface area (Å²) >= 11 is 0. The number of benzene rings is 1. The molecule has 3 aromatic rings. The molecule has 1 aliphatic rings. The molecule has 0 aliphatic heterocycles. The van der Waals surface area contributed by atoms with Crippen LogP contribution in [-0.2, 0) is 13.0 Å². The minimum Gasteiger partial charge on any atom is -0.329 e. The number of rotatable bonds is 3. The van der Waals surface area contributed by atoms with Crippen LogP contribution in [0.2, 0.25) is 0 Å². The molecule has 4 nitrogen and oxygen atoms in total. The minimum absolute atomic E-state index is 0. The van der Waals surface area contributed by atoms with E-state index in [4.69, 9.17) is 0 Å². The molecular weight excluding hydrogens is 320 g/mol. The molecule has 1 aromatic carbocycles. The lowest BCUT2D eigenvalue weighted by Crippen LogP contribution is -2.05. The van der Waals surface area contributed by atoms with E-state index in [1.807, 2.05) is 25.5 Å². The molecule has 0 atom stereocenters. The van der Waals surface area contributed by atoms with Crippen LogP contribution in [0.3, 0.4) is 0 Å². The Morgan fingerprint density at radius 3 is 2.88 bits per heavy atom. The summed E-state index contributed by atoms with van der Waals surface area (Å²) < 4.78 is 2.08. The number of aromatic nitrogens is 4. The summed E-state index contributed by atoms with van der Waals surface area (Å²) in [6.45, 7) is 2.70. The topological polar surface area (TPSA) is 43.6 Å². The fourth-order valence-electron chi connectivity index (χ4n) is 3.07. The van der Waals surface area contributed by atoms with Gasteiger partial charge in [-0.15, -0.1) is 12.4 Å². The molecule has 1 aliphatic carbocycles. The zero-order chi connectivity index (χ0) is 15.6. The van der Waals surface area contributed by atoms with E-state index in [9.17, 15) is 0 Å². The number of nitrogens with zero attached hydrogens (tertiary/aromatic N) is 4. The highest BCUT2D eigenvalue weighted by atomic mass is 35.5. The third-order valence-corrected chi connectivity index (χ3v) is 4.38. The summed E-state index contributed by atoms with van der Waals surface area (Å²) in [6.07, 6.45) is 10.1. The van der Waals surface area contributed by atoms with Gasteiger partial charge in [-0.2, -0.15) is 10.2 Å². The summed E-state index contributed by atoms with van der Waals surface area (Å²) in [5.74, 6) is 0.989. The fourth-order valence-corrected chi connectivity index (χ4v) is 3.07. The van der Waals surface area contributed by atoms with Crippen LogP contribution < -0.4 is 0 Å². The Morgan fingerprint density at radius 1 is 1.17 bits per heavy atom. The number of fused-ring (bicyclic) bond motifs is 1. The molecule has 0 fully saturated rings. The largest absolute Gasteiger partial charge is 0.329 e. The summed E-state index contributed by atoms with van der Waals surface area (Å²) in [7, 11) is 0. The summed E-state index contributed by atoms with van der Waals surface area (Å²) in [5.41, 5.74) is 6.21. The Bertz CT molecular complexity index is 882. The Morgan fingerprint density at radius 2 is 2.04 bits per heavy atom. The highest BCUT2D eigenvalue weighted by Gasteiger charge is 2.12. The lowest BCUT2D eigenvalue weighted by atomic mass is 9.89. The van der Waals surface area contributed by atoms with E-state index in [2.05, 4.69) is 56.2 Å². The number of aryl methyl sites for hydroxylation is 2. The first-order chi connectivity index (χ1) is 11.3. The van der Waals surface area contributed by atoms with Crippen LogP contribution in [-0.4, -0.2) is 19.7 Å². The monoisotopic (exact) mass is 338 g/mol. The molecule has 0 spiro atoms. The van der Waals surface area contributed by atoms with Crippen LogP contribution in [0.1, 0.15) is 34.6 Å². The van der Waals surface area contributed by atoms with Crippen molar-refractivity contribution in [2.24, 2.45) is 0 Å². The molecule has 2 aromatic heterocycles. The predicted octanol–water partition coefficient (Wildman–Crippen LogP) is 3.94. The maximum atomic E-state index is 4.27. The second-order valence-electron chi connectivity index (χ2n) is 5.91. The van der Waals surface area contributed by atoms with E-state index >= 15 is 0 Å². The van der Waals surface area contributed by atoms with Crippen molar-refractivity contribution in [2.75, 3.05) is 0 Å². The molecule has 4 rings (SSSR count). The Hall–Kier alpha value is -2.46. The van der Waals surface area contributed by atoms with Gasteiger partial charge in [-0.3, -0.25) is 0 Å². The summed E-state index contributed by atoms with van der Waals surface area (Å²) in [6, 6.07) is 10.7. The van der Waals surface area contributed by atoms with E-state index in [0.717, 1.165) is 24.4 Å². The SMILES string of the molecule is Cc1nccn1Cc1cc(C2=Cc3ccccc3CC2)cnn1.Cl. The molecule has 0 unspecified atom stereocenters.